The van der Waals surface area contributed by atoms with E-state index in [4.69, 9.17) is 16.0 Å². The van der Waals surface area contributed by atoms with Gasteiger partial charge in [0.25, 0.3) is 0 Å². The lowest BCUT2D eigenvalue weighted by atomic mass is 10.1. The molecule has 3 rings (SSSR count). The first-order valence-electron chi connectivity index (χ1n) is 8.62. The van der Waals surface area contributed by atoms with Gasteiger partial charge >= 0.3 is 0 Å². The number of aliphatic hydroxyl groups excluding tert-OH is 1. The van der Waals surface area contributed by atoms with E-state index in [1.165, 1.54) is 18.5 Å². The maximum atomic E-state index is 10.2. The number of nitrogens with zero attached hydrogens (tertiary/aromatic N) is 1. The van der Waals surface area contributed by atoms with Gasteiger partial charge in [-0.05, 0) is 50.5 Å². The van der Waals surface area contributed by atoms with Crippen molar-refractivity contribution in [2.24, 2.45) is 0 Å². The fourth-order valence-corrected chi connectivity index (χ4v) is 3.50. The smallest absolute Gasteiger partial charge is 0.132 e. The average molecular weight is 349 g/mol. The van der Waals surface area contributed by atoms with Crippen molar-refractivity contribution in [3.05, 3.63) is 52.9 Å². The van der Waals surface area contributed by atoms with Gasteiger partial charge in [-0.2, -0.15) is 0 Å². The summed E-state index contributed by atoms with van der Waals surface area (Å²) in [5.41, 5.74) is 2.37. The highest BCUT2D eigenvalue weighted by Gasteiger charge is 2.19. The van der Waals surface area contributed by atoms with E-state index < -0.39 is 6.10 Å². The molecular weight excluding hydrogens is 324 g/mol. The monoisotopic (exact) mass is 348 g/mol. The Bertz CT molecular complexity index is 639. The maximum Gasteiger partial charge on any atom is 0.132 e. The number of furan rings is 1. The SMILES string of the molecule is CC(CC(O)c1ccco1)NCc1c(Cl)cccc1N1CCCC1. The molecule has 24 heavy (non-hydrogen) atoms. The van der Waals surface area contributed by atoms with Crippen molar-refractivity contribution in [3.8, 4) is 0 Å². The zero-order valence-electron chi connectivity index (χ0n) is 14.0. The van der Waals surface area contributed by atoms with Crippen LogP contribution in [0.4, 0.5) is 5.69 Å². The Labute approximate surface area is 148 Å². The summed E-state index contributed by atoms with van der Waals surface area (Å²) in [5, 5.41) is 14.5. The Morgan fingerprint density at radius 2 is 2.04 bits per heavy atom. The van der Waals surface area contributed by atoms with E-state index in [1.54, 1.807) is 18.4 Å². The molecule has 1 aromatic carbocycles. The van der Waals surface area contributed by atoms with Crippen molar-refractivity contribution in [2.75, 3.05) is 18.0 Å². The molecule has 2 atom stereocenters. The molecule has 1 aliphatic heterocycles. The molecule has 1 saturated heterocycles. The molecule has 5 heteroatoms. The number of benzene rings is 1. The van der Waals surface area contributed by atoms with Gasteiger partial charge in [-0.1, -0.05) is 17.7 Å². The predicted octanol–water partition coefficient (Wildman–Crippen LogP) is 4.14. The van der Waals surface area contributed by atoms with Crippen LogP contribution in [0.2, 0.25) is 5.02 Å². The number of rotatable bonds is 7. The van der Waals surface area contributed by atoms with E-state index in [2.05, 4.69) is 23.2 Å². The molecule has 2 unspecified atom stereocenters. The van der Waals surface area contributed by atoms with E-state index in [-0.39, 0.29) is 6.04 Å². The molecule has 2 N–H and O–H groups in total. The van der Waals surface area contributed by atoms with Gasteiger partial charge in [0.05, 0.1) is 6.26 Å². The molecule has 0 saturated carbocycles. The number of aliphatic hydroxyl groups is 1. The fourth-order valence-electron chi connectivity index (χ4n) is 3.27. The summed E-state index contributed by atoms with van der Waals surface area (Å²) in [6, 6.07) is 9.85. The summed E-state index contributed by atoms with van der Waals surface area (Å²) in [6.45, 7) is 4.95. The number of halogens is 1. The summed E-state index contributed by atoms with van der Waals surface area (Å²) in [4.78, 5) is 2.41. The van der Waals surface area contributed by atoms with Crippen molar-refractivity contribution in [1.82, 2.24) is 5.32 Å². The zero-order valence-corrected chi connectivity index (χ0v) is 14.8. The average Bonchev–Trinajstić information content (AvgIpc) is 3.26. The summed E-state index contributed by atoms with van der Waals surface area (Å²) in [5.74, 6) is 0.610. The minimum Gasteiger partial charge on any atom is -0.467 e. The van der Waals surface area contributed by atoms with Gasteiger partial charge in [0.2, 0.25) is 0 Å². The van der Waals surface area contributed by atoms with Gasteiger partial charge < -0.3 is 19.7 Å². The summed E-state index contributed by atoms with van der Waals surface area (Å²) >= 11 is 6.45. The predicted molar refractivity (Wildman–Crippen MR) is 97.5 cm³/mol. The molecule has 0 aliphatic carbocycles. The molecule has 2 heterocycles. The van der Waals surface area contributed by atoms with Crippen LogP contribution < -0.4 is 10.2 Å². The maximum absolute atomic E-state index is 10.2. The van der Waals surface area contributed by atoms with E-state index in [0.717, 1.165) is 23.7 Å². The fraction of sp³-hybridized carbons (Fsp3) is 0.474. The highest BCUT2D eigenvalue weighted by molar-refractivity contribution is 6.31. The lowest BCUT2D eigenvalue weighted by Gasteiger charge is -2.24. The first-order chi connectivity index (χ1) is 11.6. The summed E-state index contributed by atoms with van der Waals surface area (Å²) < 4.78 is 5.26. The first-order valence-corrected chi connectivity index (χ1v) is 9.00. The summed E-state index contributed by atoms with van der Waals surface area (Å²) in [6.07, 6.45) is 4.07. The molecule has 0 spiro atoms. The Morgan fingerprint density at radius 3 is 2.75 bits per heavy atom. The molecule has 0 amide bonds. The van der Waals surface area contributed by atoms with Crippen molar-refractivity contribution >= 4 is 17.3 Å². The van der Waals surface area contributed by atoms with Crippen LogP contribution in [0.3, 0.4) is 0 Å². The molecule has 4 nitrogen and oxygen atoms in total. The van der Waals surface area contributed by atoms with E-state index >= 15 is 0 Å². The van der Waals surface area contributed by atoms with Crippen molar-refractivity contribution in [1.29, 1.82) is 0 Å². The second kappa shape index (κ2) is 8.06. The summed E-state index contributed by atoms with van der Waals surface area (Å²) in [7, 11) is 0. The molecule has 1 fully saturated rings. The van der Waals surface area contributed by atoms with Gasteiger partial charge in [0.15, 0.2) is 0 Å². The van der Waals surface area contributed by atoms with Crippen molar-refractivity contribution in [2.45, 2.75) is 44.9 Å². The van der Waals surface area contributed by atoms with Crippen LogP contribution in [-0.4, -0.2) is 24.2 Å². The van der Waals surface area contributed by atoms with Gasteiger partial charge in [-0.25, -0.2) is 0 Å². The number of hydrogen-bond donors (Lipinski definition) is 2. The third kappa shape index (κ3) is 4.12. The topological polar surface area (TPSA) is 48.6 Å². The molecular formula is C19H25ClN2O2. The molecule has 130 valence electrons. The normalized spacial score (nSPS) is 17.2. The van der Waals surface area contributed by atoms with E-state index in [0.29, 0.717) is 18.7 Å². The first kappa shape index (κ1) is 17.3. The van der Waals surface area contributed by atoms with Crippen LogP contribution in [0, 0.1) is 0 Å². The lowest BCUT2D eigenvalue weighted by Crippen LogP contribution is -2.29. The molecule has 1 aliphatic rings. The molecule has 1 aromatic heterocycles. The molecule has 0 bridgehead atoms. The molecule has 2 aromatic rings. The Kier molecular flexibility index (Phi) is 5.82. The van der Waals surface area contributed by atoms with Crippen LogP contribution in [0.15, 0.2) is 41.0 Å². The van der Waals surface area contributed by atoms with E-state index in [1.807, 2.05) is 12.1 Å². The molecule has 0 radical (unpaired) electrons. The Hall–Kier alpha value is -1.49. The number of hydrogen-bond acceptors (Lipinski definition) is 4. The third-order valence-corrected chi connectivity index (χ3v) is 4.97. The quantitative estimate of drug-likeness (QED) is 0.789. The number of nitrogens with one attached hydrogen (secondary N) is 1. The Balaban J connectivity index is 1.61. The van der Waals surface area contributed by atoms with Crippen molar-refractivity contribution < 1.29 is 9.52 Å². The zero-order chi connectivity index (χ0) is 16.9. The van der Waals surface area contributed by atoms with Gasteiger partial charge in [-0.3, -0.25) is 0 Å². The van der Waals surface area contributed by atoms with Crippen LogP contribution in [0.5, 0.6) is 0 Å². The third-order valence-electron chi connectivity index (χ3n) is 4.62. The Morgan fingerprint density at radius 1 is 1.25 bits per heavy atom. The van der Waals surface area contributed by atoms with E-state index in [9.17, 15) is 5.11 Å². The van der Waals surface area contributed by atoms with Gasteiger partial charge in [-0.15, -0.1) is 0 Å². The van der Waals surface area contributed by atoms with Gasteiger partial charge in [0.1, 0.15) is 11.9 Å². The van der Waals surface area contributed by atoms with Gasteiger partial charge in [0, 0.05) is 41.9 Å². The number of anilines is 1. The van der Waals surface area contributed by atoms with Crippen LogP contribution in [0.1, 0.15) is 43.6 Å². The minimum atomic E-state index is -0.591. The van der Waals surface area contributed by atoms with Crippen LogP contribution in [0.25, 0.3) is 0 Å². The van der Waals surface area contributed by atoms with Crippen molar-refractivity contribution in [3.63, 3.8) is 0 Å². The van der Waals surface area contributed by atoms with Crippen LogP contribution >= 0.6 is 11.6 Å². The highest BCUT2D eigenvalue weighted by atomic mass is 35.5. The minimum absolute atomic E-state index is 0.146. The highest BCUT2D eigenvalue weighted by Crippen LogP contribution is 2.30. The largest absolute Gasteiger partial charge is 0.467 e. The van der Waals surface area contributed by atoms with Crippen LogP contribution in [-0.2, 0) is 6.54 Å². The second-order valence-electron chi connectivity index (χ2n) is 6.48. The lowest BCUT2D eigenvalue weighted by molar-refractivity contribution is 0.128. The second-order valence-corrected chi connectivity index (χ2v) is 6.89. The standard InChI is InChI=1S/C19H25ClN2O2/c1-14(12-18(23)19-8-5-11-24-19)21-13-15-16(20)6-4-7-17(15)22-9-2-3-10-22/h4-8,11,14,18,21,23H,2-3,9-10,12-13H2,1H3.